The predicted molar refractivity (Wildman–Crippen MR) is 92.3 cm³/mol. The second kappa shape index (κ2) is 6.60. The van der Waals surface area contributed by atoms with Crippen molar-refractivity contribution >= 4 is 35.9 Å². The summed E-state index contributed by atoms with van der Waals surface area (Å²) in [5.41, 5.74) is -0.222. The van der Waals surface area contributed by atoms with Crippen LogP contribution in [0.5, 0.6) is 0 Å². The molecule has 6 heteroatoms. The number of hydrogen-bond acceptors (Lipinski definition) is 3. The average Bonchev–Trinajstić information content (AvgIpc) is 2.34. The van der Waals surface area contributed by atoms with Gasteiger partial charge in [0.2, 0.25) is 0 Å². The Morgan fingerprint density at radius 2 is 1.57 bits per heavy atom. The van der Waals surface area contributed by atoms with Gasteiger partial charge in [0.1, 0.15) is 0 Å². The normalized spacial score (nSPS) is 26.7. The first-order chi connectivity index (χ1) is 9.56. The van der Waals surface area contributed by atoms with Crippen molar-refractivity contribution in [1.29, 1.82) is 0 Å². The molecule has 1 aliphatic rings. The third-order valence-electron chi connectivity index (χ3n) is 3.17. The number of nitrogens with one attached hydrogen (secondary N) is 1. The van der Waals surface area contributed by atoms with Crippen LogP contribution in [0.1, 0.15) is 41.5 Å². The van der Waals surface area contributed by atoms with E-state index in [1.807, 2.05) is 41.5 Å². The molecule has 0 amide bonds. The van der Waals surface area contributed by atoms with E-state index in [2.05, 4.69) is 5.32 Å². The van der Waals surface area contributed by atoms with E-state index in [1.54, 1.807) is 18.2 Å². The summed E-state index contributed by atoms with van der Waals surface area (Å²) in [5, 5.41) is 4.18. The summed E-state index contributed by atoms with van der Waals surface area (Å²) in [6.45, 7) is 12.2. The van der Waals surface area contributed by atoms with Gasteiger partial charge in [-0.05, 0) is 45.9 Å². The molecule has 3 nitrogen and oxygen atoms in total. The Morgan fingerprint density at radius 1 is 1.10 bits per heavy atom. The molecule has 120 valence electrons. The molecule has 0 aromatic heterocycles. The van der Waals surface area contributed by atoms with Gasteiger partial charge in [-0.15, -0.1) is 0 Å². The van der Waals surface area contributed by atoms with Crippen molar-refractivity contribution in [1.82, 2.24) is 5.32 Å². The van der Waals surface area contributed by atoms with Crippen molar-refractivity contribution in [3.05, 3.63) is 28.2 Å². The van der Waals surface area contributed by atoms with E-state index in [0.29, 0.717) is 22.0 Å². The summed E-state index contributed by atoms with van der Waals surface area (Å²) in [6, 6.07) is 4.94. The van der Waals surface area contributed by atoms with Crippen molar-refractivity contribution in [2.24, 2.45) is 0 Å². The molecule has 2 rings (SSSR count). The van der Waals surface area contributed by atoms with Gasteiger partial charge in [-0.3, -0.25) is 9.88 Å². The summed E-state index contributed by atoms with van der Waals surface area (Å²) in [4.78, 5) is 0. The number of rotatable bonds is 1. The molecule has 1 aliphatic heterocycles. The fourth-order valence-electron chi connectivity index (χ4n) is 2.46. The molecule has 1 atom stereocenters. The van der Waals surface area contributed by atoms with E-state index in [9.17, 15) is 4.57 Å². The Labute approximate surface area is 137 Å². The van der Waals surface area contributed by atoms with Gasteiger partial charge >= 0.3 is 0 Å². The van der Waals surface area contributed by atoms with E-state index in [1.165, 1.54) is 0 Å². The Hall–Kier alpha value is -0.0500. The number of benzene rings is 1. The van der Waals surface area contributed by atoms with Crippen LogP contribution in [0.2, 0.25) is 10.0 Å². The highest BCUT2D eigenvalue weighted by Gasteiger charge is 2.50. The van der Waals surface area contributed by atoms with Crippen molar-refractivity contribution in [2.45, 2.75) is 52.4 Å². The van der Waals surface area contributed by atoms with Crippen LogP contribution in [0.3, 0.4) is 0 Å². The summed E-state index contributed by atoms with van der Waals surface area (Å²) in [5.74, 6) is 0. The second-order valence-corrected chi connectivity index (χ2v) is 9.89. The minimum Gasteiger partial charge on any atom is -0.322 e. The van der Waals surface area contributed by atoms with Gasteiger partial charge in [0.25, 0.3) is 7.37 Å². The molecule has 1 heterocycles. The van der Waals surface area contributed by atoms with Gasteiger partial charge in [-0.25, -0.2) is 0 Å². The first-order valence-corrected chi connectivity index (χ1v) is 9.45. The summed E-state index contributed by atoms with van der Waals surface area (Å²) < 4.78 is 19.0. The highest BCUT2D eigenvalue weighted by atomic mass is 35.5. The molecule has 0 spiro atoms. The molecule has 0 radical (unpaired) electrons. The lowest BCUT2D eigenvalue weighted by Gasteiger charge is -2.47. The Morgan fingerprint density at radius 3 is 2.00 bits per heavy atom. The smallest absolute Gasteiger partial charge is 0.251 e. The van der Waals surface area contributed by atoms with Crippen LogP contribution in [0.4, 0.5) is 0 Å². The Bertz CT molecular complexity index is 538. The van der Waals surface area contributed by atoms with Crippen LogP contribution in [-0.2, 0) is 9.09 Å². The van der Waals surface area contributed by atoms with E-state index in [-0.39, 0.29) is 5.54 Å². The summed E-state index contributed by atoms with van der Waals surface area (Å²) in [7, 11) is -3.08. The van der Waals surface area contributed by atoms with Crippen LogP contribution in [0.25, 0.3) is 0 Å². The lowest BCUT2D eigenvalue weighted by atomic mass is 10.1. The maximum Gasteiger partial charge on any atom is 0.251 e. The molecule has 1 aromatic rings. The van der Waals surface area contributed by atoms with E-state index in [4.69, 9.17) is 27.7 Å². The third-order valence-corrected chi connectivity index (χ3v) is 6.63. The van der Waals surface area contributed by atoms with Crippen LogP contribution in [-0.4, -0.2) is 17.4 Å². The van der Waals surface area contributed by atoms with Gasteiger partial charge < -0.3 is 4.52 Å². The standard InChI is InChI=1S/C13H18Cl2NO2P.C2H6/c1-12(2)8-18-19(17,13(3,4)16-12)11-6-9(14)5-10(15)7-11;1-2/h5-7,16H,8H2,1-4H3;1-2H3. The maximum atomic E-state index is 13.3. The summed E-state index contributed by atoms with van der Waals surface area (Å²) >= 11 is 12.0. The van der Waals surface area contributed by atoms with Crippen LogP contribution in [0.15, 0.2) is 18.2 Å². The number of hydrogen-bond donors (Lipinski definition) is 1. The van der Waals surface area contributed by atoms with Crippen molar-refractivity contribution < 1.29 is 9.09 Å². The molecule has 0 saturated carbocycles. The fraction of sp³-hybridized carbons (Fsp3) is 0.600. The molecule has 1 aromatic carbocycles. The lowest BCUT2D eigenvalue weighted by Crippen LogP contribution is -2.59. The van der Waals surface area contributed by atoms with Gasteiger partial charge in [-0.2, -0.15) is 0 Å². The van der Waals surface area contributed by atoms with Crippen molar-refractivity contribution in [2.75, 3.05) is 6.61 Å². The Balaban J connectivity index is 0.00000106. The number of halogens is 2. The highest BCUT2D eigenvalue weighted by Crippen LogP contribution is 2.59. The molecule has 1 saturated heterocycles. The van der Waals surface area contributed by atoms with E-state index < -0.39 is 12.6 Å². The molecule has 21 heavy (non-hydrogen) atoms. The minimum atomic E-state index is -3.08. The highest BCUT2D eigenvalue weighted by molar-refractivity contribution is 7.68. The molecule has 0 aliphatic carbocycles. The first-order valence-electron chi connectivity index (χ1n) is 7.06. The minimum absolute atomic E-state index is 0.222. The molecular weight excluding hydrogens is 328 g/mol. The van der Waals surface area contributed by atoms with Crippen molar-refractivity contribution in [3.8, 4) is 0 Å². The van der Waals surface area contributed by atoms with Gasteiger partial charge in [0.15, 0.2) is 0 Å². The largest absolute Gasteiger partial charge is 0.322 e. The fourth-order valence-corrected chi connectivity index (χ4v) is 5.83. The monoisotopic (exact) mass is 351 g/mol. The Kier molecular flexibility index (Phi) is 5.97. The molecular formula is C15H24Cl2NO2P. The average molecular weight is 352 g/mol. The van der Waals surface area contributed by atoms with Gasteiger partial charge in [0, 0.05) is 20.9 Å². The van der Waals surface area contributed by atoms with Crippen LogP contribution >= 0.6 is 30.6 Å². The topological polar surface area (TPSA) is 38.3 Å². The quantitative estimate of drug-likeness (QED) is 0.718. The van der Waals surface area contributed by atoms with Crippen molar-refractivity contribution in [3.63, 3.8) is 0 Å². The second-order valence-electron chi connectivity index (χ2n) is 6.02. The van der Waals surface area contributed by atoms with E-state index >= 15 is 0 Å². The maximum absolute atomic E-state index is 13.3. The van der Waals surface area contributed by atoms with Crippen LogP contribution in [0, 0.1) is 0 Å². The summed E-state index contributed by atoms with van der Waals surface area (Å²) in [6.07, 6.45) is 0. The molecule has 1 unspecified atom stereocenters. The molecule has 1 fully saturated rings. The SMILES string of the molecule is CC.CC1(C)COP(=O)(c2cc(Cl)cc(Cl)c2)C(C)(C)N1. The zero-order chi connectivity index (χ0) is 16.5. The molecule has 1 N–H and O–H groups in total. The molecule has 0 bridgehead atoms. The third kappa shape index (κ3) is 4.03. The van der Waals surface area contributed by atoms with E-state index in [0.717, 1.165) is 0 Å². The van der Waals surface area contributed by atoms with Gasteiger partial charge in [-0.1, -0.05) is 37.0 Å². The first kappa shape index (κ1) is 19.0. The predicted octanol–water partition coefficient (Wildman–Crippen LogP) is 5.06. The zero-order valence-corrected chi connectivity index (χ0v) is 15.9. The van der Waals surface area contributed by atoms with Gasteiger partial charge in [0.05, 0.1) is 11.9 Å². The zero-order valence-electron chi connectivity index (χ0n) is 13.5. The lowest BCUT2D eigenvalue weighted by molar-refractivity contribution is 0.147. The van der Waals surface area contributed by atoms with Crippen LogP contribution < -0.4 is 10.6 Å².